The van der Waals surface area contributed by atoms with Gasteiger partial charge in [-0.2, -0.15) is 8.42 Å². The van der Waals surface area contributed by atoms with Crippen molar-refractivity contribution in [3.05, 3.63) is 40.9 Å². The standard InChI is InChI=1S/C13H13ClN2O6S2/c1-7-2-3-9(15)6-11(7)23(18,19)16-10-4-8(14)5-12(13(10)17)24(20,21)22/h2-6,16-17H,15H2,1H3,(H,20,21,22). The second-order valence-corrected chi connectivity index (χ2v) is 8.38. The molecule has 0 fully saturated rings. The molecule has 2 aromatic carbocycles. The van der Waals surface area contributed by atoms with Gasteiger partial charge >= 0.3 is 0 Å². The quantitative estimate of drug-likeness (QED) is 0.353. The molecule has 2 aromatic rings. The SMILES string of the molecule is Cc1ccc(N)cc1S(=O)(=O)Nc1cc(Cl)cc(S(=O)(=O)O)c1O. The van der Waals surface area contributed by atoms with Crippen LogP contribution in [0.4, 0.5) is 11.4 Å². The van der Waals surface area contributed by atoms with E-state index in [0.717, 1.165) is 12.1 Å². The molecule has 24 heavy (non-hydrogen) atoms. The first kappa shape index (κ1) is 18.3. The first-order chi connectivity index (χ1) is 10.9. The van der Waals surface area contributed by atoms with E-state index < -0.39 is 36.5 Å². The van der Waals surface area contributed by atoms with Gasteiger partial charge in [-0.25, -0.2) is 8.42 Å². The summed E-state index contributed by atoms with van der Waals surface area (Å²) in [7, 11) is -9.00. The zero-order chi connectivity index (χ0) is 18.3. The molecule has 0 aromatic heterocycles. The van der Waals surface area contributed by atoms with Gasteiger partial charge in [0.25, 0.3) is 20.1 Å². The first-order valence-corrected chi connectivity index (χ1v) is 9.61. The van der Waals surface area contributed by atoms with Crippen molar-refractivity contribution in [3.63, 3.8) is 0 Å². The number of nitrogens with one attached hydrogen (secondary N) is 1. The molecule has 0 atom stereocenters. The van der Waals surface area contributed by atoms with Gasteiger partial charge in [0.05, 0.1) is 10.6 Å². The maximum absolute atomic E-state index is 12.5. The molecule has 0 aliphatic heterocycles. The van der Waals surface area contributed by atoms with Crippen molar-refractivity contribution in [2.24, 2.45) is 0 Å². The molecular weight excluding hydrogens is 380 g/mol. The Hall–Kier alpha value is -2.01. The highest BCUT2D eigenvalue weighted by Gasteiger charge is 2.24. The number of halogens is 1. The molecule has 0 spiro atoms. The Bertz CT molecular complexity index is 1020. The van der Waals surface area contributed by atoms with Gasteiger partial charge in [-0.05, 0) is 36.8 Å². The van der Waals surface area contributed by atoms with Crippen LogP contribution in [-0.2, 0) is 20.1 Å². The van der Waals surface area contributed by atoms with E-state index in [-0.39, 0.29) is 15.6 Å². The van der Waals surface area contributed by atoms with E-state index >= 15 is 0 Å². The van der Waals surface area contributed by atoms with Gasteiger partial charge in [0.2, 0.25) is 0 Å². The van der Waals surface area contributed by atoms with Crippen LogP contribution in [0.25, 0.3) is 0 Å². The second-order valence-electron chi connectivity index (χ2n) is 4.91. The Morgan fingerprint density at radius 3 is 2.29 bits per heavy atom. The second kappa shape index (κ2) is 6.13. The summed E-state index contributed by atoms with van der Waals surface area (Å²) in [6, 6.07) is 6.01. The third kappa shape index (κ3) is 3.73. The summed E-state index contributed by atoms with van der Waals surface area (Å²) in [5.74, 6) is -0.980. The minimum Gasteiger partial charge on any atom is -0.504 e. The number of phenolic OH excluding ortho intramolecular Hbond substituents is 1. The van der Waals surface area contributed by atoms with Gasteiger partial charge in [0.1, 0.15) is 4.90 Å². The summed E-state index contributed by atoms with van der Waals surface area (Å²) in [6.07, 6.45) is 0. The van der Waals surface area contributed by atoms with E-state index in [9.17, 15) is 21.9 Å². The molecule has 0 saturated heterocycles. The van der Waals surface area contributed by atoms with Crippen LogP contribution < -0.4 is 10.5 Å². The van der Waals surface area contributed by atoms with Crippen molar-refractivity contribution in [2.45, 2.75) is 16.7 Å². The Labute approximate surface area is 143 Å². The number of nitrogens with two attached hydrogens (primary N) is 1. The summed E-state index contributed by atoms with van der Waals surface area (Å²) < 4.78 is 58.5. The van der Waals surface area contributed by atoms with Crippen molar-refractivity contribution < 1.29 is 26.5 Å². The third-order valence-corrected chi connectivity index (χ3v) is 5.66. The fraction of sp³-hybridized carbons (Fsp3) is 0.0769. The first-order valence-electron chi connectivity index (χ1n) is 6.31. The molecule has 8 nitrogen and oxygen atoms in total. The van der Waals surface area contributed by atoms with Crippen molar-refractivity contribution in [2.75, 3.05) is 10.5 Å². The predicted molar refractivity (Wildman–Crippen MR) is 89.3 cm³/mol. The summed E-state index contributed by atoms with van der Waals surface area (Å²) in [6.45, 7) is 1.54. The van der Waals surface area contributed by atoms with Crippen LogP contribution in [0, 0.1) is 6.92 Å². The van der Waals surface area contributed by atoms with E-state index in [4.69, 9.17) is 21.9 Å². The Kier molecular flexibility index (Phi) is 4.68. The summed E-state index contributed by atoms with van der Waals surface area (Å²) >= 11 is 5.72. The molecule has 0 bridgehead atoms. The maximum Gasteiger partial charge on any atom is 0.298 e. The monoisotopic (exact) mass is 392 g/mol. The van der Waals surface area contributed by atoms with Crippen LogP contribution in [0.15, 0.2) is 40.1 Å². The van der Waals surface area contributed by atoms with Crippen LogP contribution in [0.3, 0.4) is 0 Å². The molecule has 0 heterocycles. The number of benzene rings is 2. The number of hydrogen-bond acceptors (Lipinski definition) is 6. The molecule has 5 N–H and O–H groups in total. The van der Waals surface area contributed by atoms with Crippen molar-refractivity contribution in [1.29, 1.82) is 0 Å². The lowest BCUT2D eigenvalue weighted by Crippen LogP contribution is -2.15. The zero-order valence-electron chi connectivity index (χ0n) is 12.2. The van der Waals surface area contributed by atoms with Gasteiger partial charge in [0.15, 0.2) is 5.75 Å². The zero-order valence-corrected chi connectivity index (χ0v) is 14.6. The van der Waals surface area contributed by atoms with E-state index in [1.54, 1.807) is 0 Å². The average molecular weight is 393 g/mol. The third-order valence-electron chi connectivity index (χ3n) is 3.06. The highest BCUT2D eigenvalue weighted by molar-refractivity contribution is 7.92. The van der Waals surface area contributed by atoms with Crippen LogP contribution in [0.5, 0.6) is 5.75 Å². The summed E-state index contributed by atoms with van der Waals surface area (Å²) in [5.41, 5.74) is 5.66. The van der Waals surface area contributed by atoms with Gasteiger partial charge in [-0.15, -0.1) is 0 Å². The van der Waals surface area contributed by atoms with Crippen LogP contribution in [-0.4, -0.2) is 26.5 Å². The number of rotatable bonds is 4. The minimum atomic E-state index is -4.80. The van der Waals surface area contributed by atoms with Crippen LogP contribution in [0.2, 0.25) is 5.02 Å². The maximum atomic E-state index is 12.5. The molecular formula is C13H13ClN2O6S2. The number of phenols is 1. The number of anilines is 2. The summed E-state index contributed by atoms with van der Waals surface area (Å²) in [5, 5.41) is 9.73. The number of aryl methyl sites for hydroxylation is 1. The topological polar surface area (TPSA) is 147 Å². The molecule has 0 amide bonds. The van der Waals surface area contributed by atoms with E-state index in [1.165, 1.54) is 25.1 Å². The van der Waals surface area contributed by atoms with E-state index in [2.05, 4.69) is 0 Å². The average Bonchev–Trinajstić information content (AvgIpc) is 2.43. The van der Waals surface area contributed by atoms with Gasteiger partial charge < -0.3 is 10.8 Å². The largest absolute Gasteiger partial charge is 0.504 e. The smallest absolute Gasteiger partial charge is 0.298 e. The van der Waals surface area contributed by atoms with Crippen LogP contribution >= 0.6 is 11.6 Å². The number of aromatic hydroxyl groups is 1. The summed E-state index contributed by atoms with van der Waals surface area (Å²) in [4.78, 5) is -1.08. The van der Waals surface area contributed by atoms with E-state index in [1.807, 2.05) is 4.72 Å². The van der Waals surface area contributed by atoms with Crippen molar-refractivity contribution in [3.8, 4) is 5.75 Å². The van der Waals surface area contributed by atoms with Crippen molar-refractivity contribution in [1.82, 2.24) is 0 Å². The van der Waals surface area contributed by atoms with Gasteiger partial charge in [-0.3, -0.25) is 9.27 Å². The predicted octanol–water partition coefficient (Wildman–Crippen LogP) is 1.98. The molecule has 0 aliphatic carbocycles. The Morgan fingerprint density at radius 2 is 1.71 bits per heavy atom. The number of nitrogen functional groups attached to an aromatic ring is 1. The minimum absolute atomic E-state index is 0.157. The molecule has 0 unspecified atom stereocenters. The number of hydrogen-bond donors (Lipinski definition) is 4. The fourth-order valence-corrected chi connectivity index (χ4v) is 4.21. The molecule has 0 radical (unpaired) electrons. The van der Waals surface area contributed by atoms with Gasteiger partial charge in [-0.1, -0.05) is 17.7 Å². The lowest BCUT2D eigenvalue weighted by atomic mass is 10.2. The van der Waals surface area contributed by atoms with Crippen molar-refractivity contribution >= 4 is 43.1 Å². The lowest BCUT2D eigenvalue weighted by Gasteiger charge is -2.14. The number of sulfonamides is 1. The molecule has 0 saturated carbocycles. The Balaban J connectivity index is 2.59. The van der Waals surface area contributed by atoms with Gasteiger partial charge in [0, 0.05) is 10.7 Å². The lowest BCUT2D eigenvalue weighted by molar-refractivity contribution is 0.445. The molecule has 130 valence electrons. The normalized spacial score (nSPS) is 12.1. The van der Waals surface area contributed by atoms with Crippen LogP contribution in [0.1, 0.15) is 5.56 Å². The molecule has 2 rings (SSSR count). The Morgan fingerprint density at radius 1 is 1.08 bits per heavy atom. The van der Waals surface area contributed by atoms with E-state index in [0.29, 0.717) is 5.56 Å². The molecule has 0 aliphatic rings. The highest BCUT2D eigenvalue weighted by atomic mass is 35.5. The molecule has 11 heteroatoms. The fourth-order valence-electron chi connectivity index (χ4n) is 1.95. The highest BCUT2D eigenvalue weighted by Crippen LogP contribution is 2.36.